The van der Waals surface area contributed by atoms with E-state index in [2.05, 4.69) is 36.3 Å². The number of aromatic nitrogens is 7. The van der Waals surface area contributed by atoms with Gasteiger partial charge in [0.1, 0.15) is 6.04 Å². The smallest absolute Gasteiger partial charge is 0.249 e. The van der Waals surface area contributed by atoms with Crippen LogP contribution in [0.4, 0.5) is 5.69 Å². The molecule has 9 nitrogen and oxygen atoms in total. The summed E-state index contributed by atoms with van der Waals surface area (Å²) in [6, 6.07) is 4.85. The van der Waals surface area contributed by atoms with Crippen LogP contribution in [0.15, 0.2) is 24.4 Å². The summed E-state index contributed by atoms with van der Waals surface area (Å²) in [7, 11) is 0. The molecule has 1 aromatic carbocycles. The first kappa shape index (κ1) is 17.0. The topological polar surface area (TPSA) is 114 Å². The van der Waals surface area contributed by atoms with Crippen molar-refractivity contribution in [2.24, 2.45) is 0 Å². The molecule has 1 amide bonds. The van der Waals surface area contributed by atoms with Crippen molar-refractivity contribution in [2.45, 2.75) is 32.7 Å². The van der Waals surface area contributed by atoms with Gasteiger partial charge in [-0.3, -0.25) is 4.79 Å². The highest BCUT2D eigenvalue weighted by Crippen LogP contribution is 2.21. The maximum atomic E-state index is 12.5. The van der Waals surface area contributed by atoms with Crippen LogP contribution in [0.3, 0.4) is 0 Å². The molecule has 2 N–H and O–H groups in total. The number of carbonyl (C=O) groups excluding carboxylic acids is 1. The number of nitrogens with zero attached hydrogens (tertiary/aromatic N) is 6. The number of halogens is 1. The zero-order chi connectivity index (χ0) is 17.8. The molecule has 0 saturated heterocycles. The molecule has 1 atom stereocenters. The van der Waals surface area contributed by atoms with Gasteiger partial charge in [-0.15, -0.1) is 15.3 Å². The van der Waals surface area contributed by atoms with Gasteiger partial charge in [0.05, 0.1) is 5.69 Å². The first-order valence-electron chi connectivity index (χ1n) is 7.73. The molecule has 0 aliphatic rings. The lowest BCUT2D eigenvalue weighted by Gasteiger charge is -2.13. The first-order valence-corrected chi connectivity index (χ1v) is 8.11. The molecular weight excluding hydrogens is 344 g/mol. The van der Waals surface area contributed by atoms with Crippen LogP contribution >= 0.6 is 11.6 Å². The van der Waals surface area contributed by atoms with E-state index < -0.39 is 6.04 Å². The Labute approximate surface area is 148 Å². The SMILES string of the molecule is Cc1ccc(Cl)cc1NC(=O)C(C)n1cc(CCc2nn[nH]n2)nn1. The number of nitrogens with one attached hydrogen (secondary N) is 2. The van der Waals surface area contributed by atoms with Gasteiger partial charge < -0.3 is 5.32 Å². The summed E-state index contributed by atoms with van der Waals surface area (Å²) >= 11 is 5.98. The molecule has 1 unspecified atom stereocenters. The number of H-pyrrole nitrogens is 1. The van der Waals surface area contributed by atoms with Crippen LogP contribution in [0.25, 0.3) is 0 Å². The van der Waals surface area contributed by atoms with Gasteiger partial charge in [0.25, 0.3) is 0 Å². The molecular formula is C15H17ClN8O. The Morgan fingerprint density at radius 3 is 2.96 bits per heavy atom. The number of amides is 1. The lowest BCUT2D eigenvalue weighted by atomic mass is 10.2. The van der Waals surface area contributed by atoms with Crippen molar-refractivity contribution in [3.8, 4) is 0 Å². The second-order valence-corrected chi connectivity index (χ2v) is 6.08. The molecule has 2 aromatic heterocycles. The zero-order valence-electron chi connectivity index (χ0n) is 13.8. The van der Waals surface area contributed by atoms with Crippen molar-refractivity contribution >= 4 is 23.2 Å². The van der Waals surface area contributed by atoms with Gasteiger partial charge in [-0.1, -0.05) is 28.1 Å². The molecule has 0 fully saturated rings. The van der Waals surface area contributed by atoms with Crippen LogP contribution in [0.1, 0.15) is 30.0 Å². The number of hydrogen-bond donors (Lipinski definition) is 2. The average Bonchev–Trinajstić information content (AvgIpc) is 3.27. The van der Waals surface area contributed by atoms with Crippen LogP contribution in [-0.4, -0.2) is 41.5 Å². The summed E-state index contributed by atoms with van der Waals surface area (Å²) in [5.41, 5.74) is 2.37. The van der Waals surface area contributed by atoms with Gasteiger partial charge in [-0.25, -0.2) is 4.68 Å². The van der Waals surface area contributed by atoms with Crippen LogP contribution in [-0.2, 0) is 17.6 Å². The lowest BCUT2D eigenvalue weighted by molar-refractivity contribution is -0.119. The van der Waals surface area contributed by atoms with E-state index in [1.54, 1.807) is 25.3 Å². The van der Waals surface area contributed by atoms with Gasteiger partial charge in [0, 0.05) is 29.7 Å². The molecule has 2 heterocycles. The third-order valence-corrected chi connectivity index (χ3v) is 4.02. The Kier molecular flexibility index (Phi) is 5.03. The Hall–Kier alpha value is -2.81. The fourth-order valence-electron chi connectivity index (χ4n) is 2.23. The van der Waals surface area contributed by atoms with E-state index in [0.717, 1.165) is 11.3 Å². The fraction of sp³-hybridized carbons (Fsp3) is 0.333. The monoisotopic (exact) mass is 360 g/mol. The zero-order valence-corrected chi connectivity index (χ0v) is 14.5. The molecule has 0 aliphatic heterocycles. The number of anilines is 1. The number of hydrogen-bond acceptors (Lipinski definition) is 6. The van der Waals surface area contributed by atoms with Crippen LogP contribution in [0, 0.1) is 6.92 Å². The number of tetrazole rings is 1. The average molecular weight is 361 g/mol. The van der Waals surface area contributed by atoms with Crippen molar-refractivity contribution in [1.29, 1.82) is 0 Å². The molecule has 25 heavy (non-hydrogen) atoms. The first-order chi connectivity index (χ1) is 12.0. The highest BCUT2D eigenvalue weighted by molar-refractivity contribution is 6.31. The Bertz CT molecular complexity index is 860. The largest absolute Gasteiger partial charge is 0.324 e. The summed E-state index contributed by atoms with van der Waals surface area (Å²) in [6.45, 7) is 3.66. The van der Waals surface area contributed by atoms with Crippen LogP contribution in [0.2, 0.25) is 5.02 Å². The van der Waals surface area contributed by atoms with E-state index in [4.69, 9.17) is 11.6 Å². The Morgan fingerprint density at radius 1 is 1.36 bits per heavy atom. The third kappa shape index (κ3) is 4.18. The van der Waals surface area contributed by atoms with Crippen LogP contribution < -0.4 is 5.32 Å². The molecule has 0 bridgehead atoms. The maximum Gasteiger partial charge on any atom is 0.249 e. The van der Waals surface area contributed by atoms with E-state index in [-0.39, 0.29) is 5.91 Å². The van der Waals surface area contributed by atoms with E-state index >= 15 is 0 Å². The van der Waals surface area contributed by atoms with Crippen molar-refractivity contribution in [2.75, 3.05) is 5.32 Å². The van der Waals surface area contributed by atoms with E-state index in [9.17, 15) is 4.79 Å². The van der Waals surface area contributed by atoms with Crippen LogP contribution in [0.5, 0.6) is 0 Å². The van der Waals surface area contributed by atoms with E-state index in [0.29, 0.717) is 29.4 Å². The Balaban J connectivity index is 1.63. The normalized spacial score (nSPS) is 12.1. The number of rotatable bonds is 6. The molecule has 130 valence electrons. The van der Waals surface area contributed by atoms with E-state index in [1.807, 2.05) is 13.0 Å². The molecule has 0 saturated carbocycles. The lowest BCUT2D eigenvalue weighted by Crippen LogP contribution is -2.24. The van der Waals surface area contributed by atoms with Gasteiger partial charge >= 0.3 is 0 Å². The minimum Gasteiger partial charge on any atom is -0.324 e. The summed E-state index contributed by atoms with van der Waals surface area (Å²) < 4.78 is 1.53. The van der Waals surface area contributed by atoms with Gasteiger partial charge in [0.2, 0.25) is 5.91 Å². The molecule has 3 rings (SSSR count). The second-order valence-electron chi connectivity index (χ2n) is 5.64. The predicted octanol–water partition coefficient (Wildman–Crippen LogP) is 1.74. The quantitative estimate of drug-likeness (QED) is 0.692. The Morgan fingerprint density at radius 2 is 2.20 bits per heavy atom. The third-order valence-electron chi connectivity index (χ3n) is 3.79. The molecule has 0 spiro atoms. The molecule has 0 aliphatic carbocycles. The minimum absolute atomic E-state index is 0.194. The summed E-state index contributed by atoms with van der Waals surface area (Å²) in [4.78, 5) is 12.5. The number of aryl methyl sites for hydroxylation is 3. The standard InChI is InChI=1S/C15H17ClN8O/c1-9-3-4-11(16)7-13(9)17-15(25)10(2)24-8-12(18-23-24)5-6-14-19-21-22-20-14/h3-4,7-8,10H,5-6H2,1-2H3,(H,17,25)(H,19,20,21,22). The summed E-state index contributed by atoms with van der Waals surface area (Å²) in [5, 5.41) is 25.2. The molecule has 0 radical (unpaired) electrons. The number of benzene rings is 1. The van der Waals surface area contributed by atoms with Crippen molar-refractivity contribution in [3.05, 3.63) is 46.5 Å². The van der Waals surface area contributed by atoms with Crippen molar-refractivity contribution in [1.82, 2.24) is 35.6 Å². The summed E-state index contributed by atoms with van der Waals surface area (Å²) in [6.07, 6.45) is 2.95. The molecule has 10 heteroatoms. The highest BCUT2D eigenvalue weighted by Gasteiger charge is 2.18. The van der Waals surface area contributed by atoms with Gasteiger partial charge in [-0.2, -0.15) is 5.21 Å². The predicted molar refractivity (Wildman–Crippen MR) is 91.1 cm³/mol. The minimum atomic E-state index is -0.509. The van der Waals surface area contributed by atoms with Crippen molar-refractivity contribution in [3.63, 3.8) is 0 Å². The number of aromatic amines is 1. The van der Waals surface area contributed by atoms with Crippen molar-refractivity contribution < 1.29 is 4.79 Å². The maximum absolute atomic E-state index is 12.5. The van der Waals surface area contributed by atoms with E-state index in [1.165, 1.54) is 4.68 Å². The van der Waals surface area contributed by atoms with Gasteiger partial charge in [-0.05, 0) is 31.5 Å². The highest BCUT2D eigenvalue weighted by atomic mass is 35.5. The number of carbonyl (C=O) groups is 1. The fourth-order valence-corrected chi connectivity index (χ4v) is 2.40. The summed E-state index contributed by atoms with van der Waals surface area (Å²) in [5.74, 6) is 0.414. The molecule has 3 aromatic rings. The van der Waals surface area contributed by atoms with Gasteiger partial charge in [0.15, 0.2) is 5.82 Å². The second kappa shape index (κ2) is 7.39.